The summed E-state index contributed by atoms with van der Waals surface area (Å²) in [5, 5.41) is 5.56. The lowest BCUT2D eigenvalue weighted by molar-refractivity contribution is -0.131. The van der Waals surface area contributed by atoms with E-state index in [9.17, 15) is 9.59 Å². The first kappa shape index (κ1) is 19.7. The molecule has 0 spiro atoms. The molecule has 2 aromatic heterocycles. The highest BCUT2D eigenvalue weighted by molar-refractivity contribution is 7.11. The van der Waals surface area contributed by atoms with Gasteiger partial charge in [0.05, 0.1) is 17.1 Å². The predicted octanol–water partition coefficient (Wildman–Crippen LogP) is 2.79. The molecule has 6 nitrogen and oxygen atoms in total. The number of carbonyl (C=O) groups is 1. The zero-order valence-corrected chi connectivity index (χ0v) is 17.4. The lowest BCUT2D eigenvalue weighted by Crippen LogP contribution is -2.41. The first-order chi connectivity index (χ1) is 12.7. The number of nitrogens with zero attached hydrogens (tertiary/aromatic N) is 4. The smallest absolute Gasteiger partial charge is 0.266 e. The number of likely N-dealkylation sites (tertiary alicyclic amines) is 1. The monoisotopic (exact) mass is 388 g/mol. The van der Waals surface area contributed by atoms with Crippen LogP contribution in [0.1, 0.15) is 49.2 Å². The van der Waals surface area contributed by atoms with Crippen LogP contribution in [0.3, 0.4) is 0 Å². The summed E-state index contributed by atoms with van der Waals surface area (Å²) in [5.74, 6) is 0.544. The van der Waals surface area contributed by atoms with Crippen LogP contribution in [-0.2, 0) is 23.2 Å². The molecule has 0 aromatic carbocycles. The van der Waals surface area contributed by atoms with Crippen molar-refractivity contribution >= 4 is 17.2 Å². The Morgan fingerprint density at radius 1 is 1.26 bits per heavy atom. The molecule has 0 unspecified atom stereocenters. The van der Waals surface area contributed by atoms with Crippen molar-refractivity contribution < 1.29 is 4.79 Å². The van der Waals surface area contributed by atoms with Crippen molar-refractivity contribution in [2.45, 2.75) is 58.9 Å². The van der Waals surface area contributed by atoms with Crippen molar-refractivity contribution in [3.8, 4) is 0 Å². The Bertz CT molecular complexity index is 857. The molecule has 0 saturated carbocycles. The van der Waals surface area contributed by atoms with Crippen LogP contribution in [0.2, 0.25) is 0 Å². The van der Waals surface area contributed by atoms with Gasteiger partial charge >= 0.3 is 0 Å². The van der Waals surface area contributed by atoms with Gasteiger partial charge in [-0.15, -0.1) is 11.3 Å². The molecule has 0 atom stereocenters. The van der Waals surface area contributed by atoms with Gasteiger partial charge in [-0.1, -0.05) is 20.8 Å². The van der Waals surface area contributed by atoms with Crippen molar-refractivity contribution in [2.75, 3.05) is 13.1 Å². The number of hydrogen-bond acceptors (Lipinski definition) is 5. The molecule has 0 bridgehead atoms. The number of hydrogen-bond donors (Lipinski definition) is 0. The van der Waals surface area contributed by atoms with Gasteiger partial charge in [-0.2, -0.15) is 5.10 Å². The minimum atomic E-state index is -0.0831. The summed E-state index contributed by atoms with van der Waals surface area (Å²) in [6, 6.07) is 3.44. The molecule has 0 N–H and O–H groups in total. The van der Waals surface area contributed by atoms with Gasteiger partial charge in [-0.05, 0) is 31.7 Å². The first-order valence-corrected chi connectivity index (χ1v) is 10.3. The van der Waals surface area contributed by atoms with Gasteiger partial charge in [-0.3, -0.25) is 9.59 Å². The second-order valence-electron chi connectivity index (χ2n) is 8.34. The molecule has 27 heavy (non-hydrogen) atoms. The summed E-state index contributed by atoms with van der Waals surface area (Å²) in [5.41, 5.74) is 0.789. The van der Waals surface area contributed by atoms with Crippen molar-refractivity contribution in [2.24, 2.45) is 5.92 Å². The Morgan fingerprint density at radius 3 is 2.56 bits per heavy atom. The third-order valence-corrected chi connectivity index (χ3v) is 5.94. The molecule has 1 aliphatic rings. The average molecular weight is 389 g/mol. The van der Waals surface area contributed by atoms with Crippen molar-refractivity contribution in [1.29, 1.82) is 0 Å². The van der Waals surface area contributed by atoms with Gasteiger partial charge in [0.2, 0.25) is 5.91 Å². The van der Waals surface area contributed by atoms with Crippen LogP contribution in [0.4, 0.5) is 0 Å². The van der Waals surface area contributed by atoms with E-state index in [0.717, 1.165) is 41.5 Å². The van der Waals surface area contributed by atoms with Crippen molar-refractivity contribution in [3.63, 3.8) is 0 Å². The van der Waals surface area contributed by atoms with Crippen molar-refractivity contribution in [3.05, 3.63) is 44.3 Å². The van der Waals surface area contributed by atoms with Crippen LogP contribution in [0, 0.1) is 12.8 Å². The van der Waals surface area contributed by atoms with Gasteiger partial charge in [0, 0.05) is 42.2 Å². The fourth-order valence-electron chi connectivity index (χ4n) is 3.34. The SMILES string of the molecule is Cc1ncc(CC(=O)N2CCC(Cn3nc(C(C)(C)C)ccc3=O)CC2)s1. The molecule has 2 aromatic rings. The predicted molar refractivity (Wildman–Crippen MR) is 107 cm³/mol. The molecule has 0 aliphatic carbocycles. The van der Waals surface area contributed by atoms with E-state index in [2.05, 4.69) is 30.9 Å². The van der Waals surface area contributed by atoms with E-state index < -0.39 is 0 Å². The average Bonchev–Trinajstić information content (AvgIpc) is 3.01. The van der Waals surface area contributed by atoms with Crippen molar-refractivity contribution in [1.82, 2.24) is 19.7 Å². The first-order valence-electron chi connectivity index (χ1n) is 9.50. The van der Waals surface area contributed by atoms with Gasteiger partial charge in [0.25, 0.3) is 5.56 Å². The number of thiazole rings is 1. The summed E-state index contributed by atoms with van der Waals surface area (Å²) in [4.78, 5) is 31.8. The van der Waals surface area contributed by atoms with Gasteiger partial charge in [0.1, 0.15) is 0 Å². The highest BCUT2D eigenvalue weighted by atomic mass is 32.1. The second-order valence-corrected chi connectivity index (χ2v) is 9.65. The van der Waals surface area contributed by atoms with Gasteiger partial charge < -0.3 is 4.90 Å². The molecule has 3 rings (SSSR count). The number of aromatic nitrogens is 3. The molecule has 1 aliphatic heterocycles. The van der Waals surface area contributed by atoms with E-state index in [0.29, 0.717) is 18.9 Å². The van der Waals surface area contributed by atoms with Crippen LogP contribution in [0.25, 0.3) is 0 Å². The summed E-state index contributed by atoms with van der Waals surface area (Å²) in [7, 11) is 0. The Kier molecular flexibility index (Phi) is 5.79. The number of carbonyl (C=O) groups excluding carboxylic acids is 1. The Hall–Kier alpha value is -2.02. The lowest BCUT2D eigenvalue weighted by Gasteiger charge is -2.32. The molecular formula is C20H28N4O2S. The lowest BCUT2D eigenvalue weighted by atomic mass is 9.92. The van der Waals surface area contributed by atoms with E-state index >= 15 is 0 Å². The summed E-state index contributed by atoms with van der Waals surface area (Å²) >= 11 is 1.58. The third kappa shape index (κ3) is 5.03. The second kappa shape index (κ2) is 7.92. The minimum absolute atomic E-state index is 0.0536. The maximum Gasteiger partial charge on any atom is 0.266 e. The fraction of sp³-hybridized carbons (Fsp3) is 0.600. The molecule has 146 valence electrons. The number of piperidine rings is 1. The van der Waals surface area contributed by atoms with E-state index in [-0.39, 0.29) is 16.9 Å². The summed E-state index contributed by atoms with van der Waals surface area (Å²) < 4.78 is 1.60. The molecule has 1 saturated heterocycles. The van der Waals surface area contributed by atoms with Gasteiger partial charge in [0.15, 0.2) is 0 Å². The zero-order chi connectivity index (χ0) is 19.6. The highest BCUT2D eigenvalue weighted by Crippen LogP contribution is 2.22. The summed E-state index contributed by atoms with van der Waals surface area (Å²) in [6.07, 6.45) is 4.04. The molecule has 7 heteroatoms. The van der Waals surface area contributed by atoms with E-state index in [4.69, 9.17) is 0 Å². The summed E-state index contributed by atoms with van der Waals surface area (Å²) in [6.45, 7) is 10.4. The maximum absolute atomic E-state index is 12.5. The van der Waals surface area contributed by atoms with Crippen LogP contribution >= 0.6 is 11.3 Å². The van der Waals surface area contributed by atoms with Gasteiger partial charge in [-0.25, -0.2) is 9.67 Å². The Morgan fingerprint density at radius 2 is 1.96 bits per heavy atom. The van der Waals surface area contributed by atoms with Crippen LogP contribution < -0.4 is 5.56 Å². The zero-order valence-electron chi connectivity index (χ0n) is 16.6. The Balaban J connectivity index is 1.57. The van der Waals surface area contributed by atoms with Crippen LogP contribution in [0.5, 0.6) is 0 Å². The number of aryl methyl sites for hydroxylation is 1. The maximum atomic E-state index is 12.5. The minimum Gasteiger partial charge on any atom is -0.342 e. The normalized spacial score (nSPS) is 15.9. The van der Waals surface area contributed by atoms with E-state index in [1.165, 1.54) is 0 Å². The van der Waals surface area contributed by atoms with Crippen LogP contribution in [-0.4, -0.2) is 38.7 Å². The Labute approximate surface area is 164 Å². The quantitative estimate of drug-likeness (QED) is 0.808. The van der Waals surface area contributed by atoms with E-state index in [1.807, 2.05) is 17.9 Å². The van der Waals surface area contributed by atoms with E-state index in [1.54, 1.807) is 28.3 Å². The number of rotatable bonds is 4. The topological polar surface area (TPSA) is 68.1 Å². The largest absolute Gasteiger partial charge is 0.342 e. The molecule has 0 radical (unpaired) electrons. The highest BCUT2D eigenvalue weighted by Gasteiger charge is 2.24. The molecular weight excluding hydrogens is 360 g/mol. The molecule has 1 fully saturated rings. The molecule has 1 amide bonds. The third-order valence-electron chi connectivity index (χ3n) is 5.03. The van der Waals surface area contributed by atoms with Crippen LogP contribution in [0.15, 0.2) is 23.1 Å². The fourth-order valence-corrected chi connectivity index (χ4v) is 4.12. The standard InChI is InChI=1S/C20H28N4O2S/c1-14-21-12-16(27-14)11-19(26)23-9-7-15(8-10-23)13-24-18(25)6-5-17(22-24)20(2,3)4/h5-6,12,15H,7-11,13H2,1-4H3. The molecule has 3 heterocycles. The number of amides is 1.